The Balaban J connectivity index is 1.85. The predicted molar refractivity (Wildman–Crippen MR) is 64.7 cm³/mol. The third kappa shape index (κ3) is 1.53. The maximum absolute atomic E-state index is 5.87. The molecule has 0 aromatic rings. The van der Waals surface area contributed by atoms with E-state index in [9.17, 15) is 0 Å². The molecule has 0 atom stereocenters. The van der Waals surface area contributed by atoms with Crippen LogP contribution in [0.1, 0.15) is 47.0 Å². The highest BCUT2D eigenvalue weighted by molar-refractivity contribution is 5.18. The molecule has 0 bridgehead atoms. The Hall–Kier alpha value is -0.0800. The molecule has 0 radical (unpaired) electrons. The lowest BCUT2D eigenvalue weighted by molar-refractivity contribution is 0.138. The number of hydrogen-bond donors (Lipinski definition) is 2. The van der Waals surface area contributed by atoms with Crippen LogP contribution in [0.2, 0.25) is 0 Å². The summed E-state index contributed by atoms with van der Waals surface area (Å²) in [4.78, 5) is 0. The molecule has 2 saturated carbocycles. The number of hydrogen-bond acceptors (Lipinski definition) is 2. The molecule has 2 rings (SSSR count). The van der Waals surface area contributed by atoms with Crippen molar-refractivity contribution in [1.29, 1.82) is 0 Å². The summed E-state index contributed by atoms with van der Waals surface area (Å²) in [7, 11) is 0. The van der Waals surface area contributed by atoms with Crippen molar-refractivity contribution in [3.63, 3.8) is 0 Å². The Morgan fingerprint density at radius 1 is 1.13 bits per heavy atom. The van der Waals surface area contributed by atoms with Gasteiger partial charge in [0.05, 0.1) is 0 Å². The van der Waals surface area contributed by atoms with E-state index in [1.54, 1.807) is 0 Å². The molecule has 0 heterocycles. The van der Waals surface area contributed by atoms with E-state index in [0.717, 1.165) is 13.1 Å². The van der Waals surface area contributed by atoms with Crippen LogP contribution in [-0.2, 0) is 0 Å². The summed E-state index contributed by atoms with van der Waals surface area (Å²) in [5.74, 6) is 0. The van der Waals surface area contributed by atoms with Gasteiger partial charge in [-0.05, 0) is 35.6 Å². The molecule has 3 N–H and O–H groups in total. The summed E-state index contributed by atoms with van der Waals surface area (Å²) in [5.41, 5.74) is 7.21. The fourth-order valence-electron chi connectivity index (χ4n) is 3.16. The van der Waals surface area contributed by atoms with Gasteiger partial charge in [0.2, 0.25) is 0 Å². The van der Waals surface area contributed by atoms with Crippen LogP contribution < -0.4 is 11.1 Å². The first-order valence-electron chi connectivity index (χ1n) is 6.29. The first kappa shape index (κ1) is 11.4. The monoisotopic (exact) mass is 210 g/mol. The van der Waals surface area contributed by atoms with Gasteiger partial charge in [-0.1, -0.05) is 34.1 Å². The van der Waals surface area contributed by atoms with Crippen LogP contribution in [0.4, 0.5) is 0 Å². The third-order valence-corrected chi connectivity index (χ3v) is 5.55. The number of nitrogens with one attached hydrogen (secondary N) is 1. The van der Waals surface area contributed by atoms with Crippen molar-refractivity contribution in [2.24, 2.45) is 22.0 Å². The van der Waals surface area contributed by atoms with Crippen molar-refractivity contribution in [2.75, 3.05) is 13.1 Å². The van der Waals surface area contributed by atoms with Crippen LogP contribution in [0.3, 0.4) is 0 Å². The SMILES string of the molecule is CC1(C)C(NCC2(CN)CCC2)C1(C)C. The average molecular weight is 210 g/mol. The Morgan fingerprint density at radius 2 is 1.67 bits per heavy atom. The zero-order chi connectivity index (χ0) is 11.3. The van der Waals surface area contributed by atoms with Gasteiger partial charge in [-0.25, -0.2) is 0 Å². The zero-order valence-corrected chi connectivity index (χ0v) is 10.7. The van der Waals surface area contributed by atoms with Crippen LogP contribution in [0.5, 0.6) is 0 Å². The van der Waals surface area contributed by atoms with Gasteiger partial charge in [-0.15, -0.1) is 0 Å². The van der Waals surface area contributed by atoms with E-state index in [0.29, 0.717) is 22.3 Å². The van der Waals surface area contributed by atoms with Gasteiger partial charge >= 0.3 is 0 Å². The molecule has 88 valence electrons. The van der Waals surface area contributed by atoms with E-state index in [2.05, 4.69) is 33.0 Å². The van der Waals surface area contributed by atoms with Crippen LogP contribution in [-0.4, -0.2) is 19.1 Å². The topological polar surface area (TPSA) is 38.0 Å². The predicted octanol–water partition coefficient (Wildman–Crippen LogP) is 2.14. The molecule has 0 spiro atoms. The van der Waals surface area contributed by atoms with Gasteiger partial charge in [-0.2, -0.15) is 0 Å². The van der Waals surface area contributed by atoms with E-state index >= 15 is 0 Å². The first-order valence-corrected chi connectivity index (χ1v) is 6.29. The molecule has 0 aromatic carbocycles. The third-order valence-electron chi connectivity index (χ3n) is 5.55. The molecule has 2 fully saturated rings. The molecule has 2 aliphatic carbocycles. The van der Waals surface area contributed by atoms with Crippen molar-refractivity contribution in [3.05, 3.63) is 0 Å². The minimum absolute atomic E-state index is 0.439. The van der Waals surface area contributed by atoms with Gasteiger partial charge in [0.25, 0.3) is 0 Å². The molecule has 2 nitrogen and oxygen atoms in total. The highest BCUT2D eigenvalue weighted by Gasteiger charge is 2.64. The van der Waals surface area contributed by atoms with E-state index in [1.807, 2.05) is 0 Å². The van der Waals surface area contributed by atoms with Crippen molar-refractivity contribution < 1.29 is 0 Å². The summed E-state index contributed by atoms with van der Waals surface area (Å²) >= 11 is 0. The van der Waals surface area contributed by atoms with Gasteiger partial charge in [-0.3, -0.25) is 0 Å². The van der Waals surface area contributed by atoms with Crippen molar-refractivity contribution in [2.45, 2.75) is 53.0 Å². The second kappa shape index (κ2) is 3.21. The van der Waals surface area contributed by atoms with Crippen LogP contribution in [0, 0.1) is 16.2 Å². The quantitative estimate of drug-likeness (QED) is 0.746. The lowest BCUT2D eigenvalue weighted by atomic mass is 9.69. The van der Waals surface area contributed by atoms with Gasteiger partial charge in [0, 0.05) is 12.6 Å². The standard InChI is InChI=1S/C13H26N2/c1-11(2)10(12(11,3)4)15-9-13(8-14)6-5-7-13/h10,15H,5-9,14H2,1-4H3. The van der Waals surface area contributed by atoms with Gasteiger partial charge in [0.1, 0.15) is 0 Å². The maximum atomic E-state index is 5.87. The molecule has 0 amide bonds. The minimum Gasteiger partial charge on any atom is -0.330 e. The Morgan fingerprint density at radius 3 is 1.93 bits per heavy atom. The zero-order valence-electron chi connectivity index (χ0n) is 10.7. The largest absolute Gasteiger partial charge is 0.330 e. The highest BCUT2D eigenvalue weighted by Crippen LogP contribution is 2.62. The molecule has 0 saturated heterocycles. The molecule has 0 aliphatic heterocycles. The molecular formula is C13H26N2. The van der Waals surface area contributed by atoms with Crippen molar-refractivity contribution in [1.82, 2.24) is 5.32 Å². The molecule has 15 heavy (non-hydrogen) atoms. The normalized spacial score (nSPS) is 31.0. The second-order valence-corrected chi connectivity index (χ2v) is 6.81. The van der Waals surface area contributed by atoms with Gasteiger partial charge in [0.15, 0.2) is 0 Å². The van der Waals surface area contributed by atoms with Crippen LogP contribution in [0.15, 0.2) is 0 Å². The summed E-state index contributed by atoms with van der Waals surface area (Å²) in [6.45, 7) is 11.4. The van der Waals surface area contributed by atoms with Gasteiger partial charge < -0.3 is 11.1 Å². The smallest absolute Gasteiger partial charge is 0.0181 e. The second-order valence-electron chi connectivity index (χ2n) is 6.81. The minimum atomic E-state index is 0.439. The fraction of sp³-hybridized carbons (Fsp3) is 1.00. The van der Waals surface area contributed by atoms with Crippen LogP contribution >= 0.6 is 0 Å². The average Bonchev–Trinajstić information content (AvgIpc) is 2.45. The van der Waals surface area contributed by atoms with E-state index < -0.39 is 0 Å². The molecule has 0 unspecified atom stereocenters. The lowest BCUT2D eigenvalue weighted by Gasteiger charge is -2.41. The summed E-state index contributed by atoms with van der Waals surface area (Å²) < 4.78 is 0. The number of nitrogens with two attached hydrogens (primary N) is 1. The number of rotatable bonds is 4. The first-order chi connectivity index (χ1) is 6.86. The lowest BCUT2D eigenvalue weighted by Crippen LogP contribution is -2.46. The molecule has 2 heteroatoms. The van der Waals surface area contributed by atoms with Crippen molar-refractivity contribution in [3.8, 4) is 0 Å². The Labute approximate surface area is 94.0 Å². The summed E-state index contributed by atoms with van der Waals surface area (Å²) in [6, 6.07) is 0.675. The Kier molecular flexibility index (Phi) is 2.44. The molecule has 2 aliphatic rings. The Bertz CT molecular complexity index is 232. The van der Waals surface area contributed by atoms with Crippen LogP contribution in [0.25, 0.3) is 0 Å². The molecule has 0 aromatic heterocycles. The van der Waals surface area contributed by atoms with E-state index in [-0.39, 0.29) is 0 Å². The maximum Gasteiger partial charge on any atom is 0.0181 e. The summed E-state index contributed by atoms with van der Waals surface area (Å²) in [6.07, 6.45) is 4.02. The van der Waals surface area contributed by atoms with E-state index in [1.165, 1.54) is 19.3 Å². The highest BCUT2D eigenvalue weighted by atomic mass is 15.1. The van der Waals surface area contributed by atoms with Crippen molar-refractivity contribution >= 4 is 0 Å². The molecular weight excluding hydrogens is 184 g/mol. The van der Waals surface area contributed by atoms with E-state index in [4.69, 9.17) is 5.73 Å². The fourth-order valence-corrected chi connectivity index (χ4v) is 3.16. The summed E-state index contributed by atoms with van der Waals surface area (Å²) in [5, 5.41) is 3.75.